The van der Waals surface area contributed by atoms with Crippen molar-refractivity contribution in [3.63, 3.8) is 0 Å². The summed E-state index contributed by atoms with van der Waals surface area (Å²) in [4.78, 5) is 0. The summed E-state index contributed by atoms with van der Waals surface area (Å²) in [6, 6.07) is 31.5. The van der Waals surface area contributed by atoms with E-state index in [2.05, 4.69) is 107 Å². The zero-order chi connectivity index (χ0) is 22.5. The third-order valence-corrected chi connectivity index (χ3v) is 10.1. The zero-order valence-corrected chi connectivity index (χ0v) is 19.9. The molecule has 0 aliphatic rings. The fourth-order valence-corrected chi connectivity index (χ4v) is 8.87. The molecule has 0 amide bonds. The Kier molecular flexibility index (Phi) is 5.03. The molecule has 0 saturated carbocycles. The molecule has 0 aromatic heterocycles. The number of fused-ring (bicyclic) bond motifs is 2. The average molecular weight is 435 g/mol. The van der Waals surface area contributed by atoms with Crippen LogP contribution in [0.2, 0.25) is 0 Å². The normalized spacial score (nSPS) is 11.9. The summed E-state index contributed by atoms with van der Waals surface area (Å²) in [7, 11) is -3.21. The highest BCUT2D eigenvalue weighted by atomic mass is 31.2. The topological polar surface area (TPSA) is 17.1 Å². The van der Waals surface area contributed by atoms with Crippen LogP contribution in [0.4, 0.5) is 0 Å². The standard InChI is InChI=1S/C30H27OP/c1-20-13-14-21(2)28(19-20)32(31,29-22(3)15-17-24-9-5-7-11-26(24)29)30-23(4)16-18-25-10-6-8-12-27(25)30/h5-19H,1-4H3. The second kappa shape index (κ2) is 7.76. The van der Waals surface area contributed by atoms with Gasteiger partial charge in [-0.15, -0.1) is 0 Å². The number of hydrogen-bond acceptors (Lipinski definition) is 1. The van der Waals surface area contributed by atoms with Crippen LogP contribution in [0.25, 0.3) is 21.5 Å². The van der Waals surface area contributed by atoms with E-state index < -0.39 is 7.14 Å². The third-order valence-electron chi connectivity index (χ3n) is 6.54. The monoisotopic (exact) mass is 434 g/mol. The van der Waals surface area contributed by atoms with Crippen molar-refractivity contribution in [3.8, 4) is 0 Å². The minimum atomic E-state index is -3.21. The molecule has 32 heavy (non-hydrogen) atoms. The minimum absolute atomic E-state index is 0.941. The molecule has 0 heterocycles. The van der Waals surface area contributed by atoms with Crippen molar-refractivity contribution < 1.29 is 4.57 Å². The molecule has 0 spiro atoms. The summed E-state index contributed by atoms with van der Waals surface area (Å²) < 4.78 is 15.9. The van der Waals surface area contributed by atoms with E-state index in [0.717, 1.165) is 59.7 Å². The first kappa shape index (κ1) is 20.7. The Morgan fingerprint density at radius 1 is 0.531 bits per heavy atom. The van der Waals surface area contributed by atoms with Crippen molar-refractivity contribution in [1.82, 2.24) is 0 Å². The van der Waals surface area contributed by atoms with Crippen LogP contribution in [0.15, 0.2) is 91.0 Å². The van der Waals surface area contributed by atoms with Crippen molar-refractivity contribution in [1.29, 1.82) is 0 Å². The maximum absolute atomic E-state index is 15.9. The van der Waals surface area contributed by atoms with Gasteiger partial charge in [-0.2, -0.15) is 0 Å². The lowest BCUT2D eigenvalue weighted by Crippen LogP contribution is -2.30. The number of aryl methyl sites for hydroxylation is 4. The third kappa shape index (κ3) is 3.12. The molecular weight excluding hydrogens is 407 g/mol. The van der Waals surface area contributed by atoms with Gasteiger partial charge in [0.25, 0.3) is 0 Å². The van der Waals surface area contributed by atoms with Gasteiger partial charge in [0.1, 0.15) is 0 Å². The van der Waals surface area contributed by atoms with Gasteiger partial charge in [-0.25, -0.2) is 0 Å². The predicted molar refractivity (Wildman–Crippen MR) is 140 cm³/mol. The van der Waals surface area contributed by atoms with Crippen molar-refractivity contribution in [3.05, 3.63) is 113 Å². The quantitative estimate of drug-likeness (QED) is 0.283. The molecule has 0 aliphatic carbocycles. The van der Waals surface area contributed by atoms with Crippen LogP contribution in [0.1, 0.15) is 22.3 Å². The van der Waals surface area contributed by atoms with Crippen LogP contribution in [-0.4, -0.2) is 0 Å². The lowest BCUT2D eigenvalue weighted by molar-refractivity contribution is 0.592. The Morgan fingerprint density at radius 3 is 1.53 bits per heavy atom. The molecular formula is C30H27OP. The maximum atomic E-state index is 15.9. The first-order chi connectivity index (χ1) is 15.4. The van der Waals surface area contributed by atoms with Gasteiger partial charge >= 0.3 is 0 Å². The highest BCUT2D eigenvalue weighted by Crippen LogP contribution is 2.49. The average Bonchev–Trinajstić information content (AvgIpc) is 2.80. The molecule has 0 atom stereocenters. The summed E-state index contributed by atoms with van der Waals surface area (Å²) >= 11 is 0. The van der Waals surface area contributed by atoms with Crippen LogP contribution in [0.5, 0.6) is 0 Å². The lowest BCUT2D eigenvalue weighted by atomic mass is 10.1. The van der Waals surface area contributed by atoms with Gasteiger partial charge in [-0.3, -0.25) is 0 Å². The SMILES string of the molecule is Cc1ccc(C)c(P(=O)(c2c(C)ccc3ccccc23)c2c(C)ccc3ccccc23)c1. The highest BCUT2D eigenvalue weighted by Gasteiger charge is 2.36. The number of rotatable bonds is 3. The molecule has 1 nitrogen and oxygen atoms in total. The molecule has 0 fully saturated rings. The van der Waals surface area contributed by atoms with Crippen molar-refractivity contribution in [2.75, 3.05) is 0 Å². The fourth-order valence-electron chi connectivity index (χ4n) is 4.98. The molecule has 2 heteroatoms. The van der Waals surface area contributed by atoms with Crippen LogP contribution >= 0.6 is 7.14 Å². The van der Waals surface area contributed by atoms with Gasteiger partial charge in [0, 0.05) is 15.9 Å². The largest absolute Gasteiger partial charge is 0.309 e. The Morgan fingerprint density at radius 2 is 1.00 bits per heavy atom. The van der Waals surface area contributed by atoms with E-state index in [9.17, 15) is 0 Å². The maximum Gasteiger partial charge on any atom is 0.173 e. The lowest BCUT2D eigenvalue weighted by Gasteiger charge is -2.28. The molecule has 0 unspecified atom stereocenters. The first-order valence-electron chi connectivity index (χ1n) is 11.1. The second-order valence-electron chi connectivity index (χ2n) is 8.80. The summed E-state index contributed by atoms with van der Waals surface area (Å²) in [6.07, 6.45) is 0. The van der Waals surface area contributed by atoms with Gasteiger partial charge in [-0.1, -0.05) is 90.5 Å². The van der Waals surface area contributed by atoms with Crippen LogP contribution in [-0.2, 0) is 4.57 Å². The van der Waals surface area contributed by atoms with Crippen LogP contribution in [0, 0.1) is 27.7 Å². The molecule has 0 aliphatic heterocycles. The molecule has 158 valence electrons. The number of benzene rings is 5. The van der Waals surface area contributed by atoms with E-state index >= 15 is 4.57 Å². The summed E-state index contributed by atoms with van der Waals surface area (Å²) in [5.41, 5.74) is 4.33. The first-order valence-corrected chi connectivity index (χ1v) is 12.8. The van der Waals surface area contributed by atoms with E-state index in [1.54, 1.807) is 0 Å². The van der Waals surface area contributed by atoms with Crippen molar-refractivity contribution in [2.24, 2.45) is 0 Å². The molecule has 0 N–H and O–H groups in total. The second-order valence-corrected chi connectivity index (χ2v) is 11.4. The van der Waals surface area contributed by atoms with E-state index in [1.165, 1.54) is 0 Å². The van der Waals surface area contributed by atoms with Crippen molar-refractivity contribution in [2.45, 2.75) is 27.7 Å². The molecule has 0 bridgehead atoms. The summed E-state index contributed by atoms with van der Waals surface area (Å²) in [6.45, 7) is 8.36. The molecule has 0 radical (unpaired) electrons. The Hall–Kier alpha value is -3.15. The molecule has 5 aromatic rings. The molecule has 5 rings (SSSR count). The minimum Gasteiger partial charge on any atom is -0.309 e. The number of hydrogen-bond donors (Lipinski definition) is 0. The molecule has 0 saturated heterocycles. The van der Waals surface area contributed by atoms with E-state index in [1.807, 2.05) is 12.1 Å². The Bertz CT molecular complexity index is 1450. The fraction of sp³-hybridized carbons (Fsp3) is 0.133. The van der Waals surface area contributed by atoms with E-state index in [0.29, 0.717) is 0 Å². The van der Waals surface area contributed by atoms with Crippen LogP contribution in [0.3, 0.4) is 0 Å². The smallest absolute Gasteiger partial charge is 0.173 e. The Labute approximate surface area is 190 Å². The molecule has 5 aromatic carbocycles. The predicted octanol–water partition coefficient (Wildman–Crippen LogP) is 6.87. The summed E-state index contributed by atoms with van der Waals surface area (Å²) in [5.74, 6) is 0. The van der Waals surface area contributed by atoms with E-state index in [4.69, 9.17) is 0 Å². The van der Waals surface area contributed by atoms with Crippen molar-refractivity contribution >= 4 is 44.6 Å². The van der Waals surface area contributed by atoms with E-state index in [-0.39, 0.29) is 0 Å². The van der Waals surface area contributed by atoms with Gasteiger partial charge in [-0.05, 0) is 72.0 Å². The van der Waals surface area contributed by atoms with Gasteiger partial charge in [0.05, 0.1) is 0 Å². The summed E-state index contributed by atoms with van der Waals surface area (Å²) in [5, 5.41) is 7.25. The van der Waals surface area contributed by atoms with Gasteiger partial charge in [0.15, 0.2) is 7.14 Å². The van der Waals surface area contributed by atoms with Crippen LogP contribution < -0.4 is 15.9 Å². The Balaban J connectivity index is 2.05. The van der Waals surface area contributed by atoms with Gasteiger partial charge < -0.3 is 4.57 Å². The zero-order valence-electron chi connectivity index (χ0n) is 19.0. The highest BCUT2D eigenvalue weighted by molar-refractivity contribution is 7.86. The van der Waals surface area contributed by atoms with Gasteiger partial charge in [0.2, 0.25) is 0 Å².